The van der Waals surface area contributed by atoms with Gasteiger partial charge in [-0.2, -0.15) is 0 Å². The molecule has 1 aliphatic rings. The van der Waals surface area contributed by atoms with E-state index in [0.717, 1.165) is 9.35 Å². The number of allylic oxidation sites excluding steroid dienone is 1. The summed E-state index contributed by atoms with van der Waals surface area (Å²) in [6.07, 6.45) is 0. The molecule has 7 heteroatoms. The van der Waals surface area contributed by atoms with Crippen LogP contribution in [0.3, 0.4) is 0 Å². The van der Waals surface area contributed by atoms with Gasteiger partial charge in [-0.05, 0) is 42.6 Å². The Balaban J connectivity index is 1.90. The Morgan fingerprint density at radius 1 is 1.26 bits per heavy atom. The van der Waals surface area contributed by atoms with Crippen molar-refractivity contribution in [1.29, 1.82) is 0 Å². The highest BCUT2D eigenvalue weighted by atomic mass is 79.9. The van der Waals surface area contributed by atoms with E-state index in [1.165, 1.54) is 11.3 Å². The van der Waals surface area contributed by atoms with Gasteiger partial charge >= 0.3 is 6.03 Å². The van der Waals surface area contributed by atoms with E-state index in [1.807, 2.05) is 41.8 Å². The summed E-state index contributed by atoms with van der Waals surface area (Å²) in [7, 11) is 0. The summed E-state index contributed by atoms with van der Waals surface area (Å²) in [6, 6.07) is 10.4. The summed E-state index contributed by atoms with van der Waals surface area (Å²) < 4.78 is 0.939. The first kappa shape index (κ1) is 15.8. The Hall–Kier alpha value is -2.12. The number of hydrogen-bond donors (Lipinski definition) is 3. The van der Waals surface area contributed by atoms with Crippen LogP contribution in [0, 0.1) is 0 Å². The number of carbonyl (C=O) groups is 2. The fraction of sp³-hybridized carbons (Fsp3) is 0.125. The van der Waals surface area contributed by atoms with E-state index in [0.29, 0.717) is 17.0 Å². The standard InChI is InChI=1S/C16H14BrN3O2S/c1-9-13(15(21)19-11-6-4-10(17)5-7-11)14(20-16(22)18-9)12-3-2-8-23-12/h2-8,14H,1H3,(H,19,21)(H2,18,20,22)/t14-/m0/s1. The molecule has 1 aromatic heterocycles. The lowest BCUT2D eigenvalue weighted by atomic mass is 10.0. The van der Waals surface area contributed by atoms with E-state index in [9.17, 15) is 9.59 Å². The third-order valence-corrected chi connectivity index (χ3v) is 4.91. The second-order valence-electron chi connectivity index (χ2n) is 5.05. The maximum Gasteiger partial charge on any atom is 0.319 e. The van der Waals surface area contributed by atoms with Gasteiger partial charge in [-0.3, -0.25) is 4.79 Å². The highest BCUT2D eigenvalue weighted by Crippen LogP contribution is 2.30. The normalized spacial score (nSPS) is 17.5. The lowest BCUT2D eigenvalue weighted by molar-refractivity contribution is -0.113. The number of urea groups is 1. The zero-order valence-electron chi connectivity index (χ0n) is 12.2. The van der Waals surface area contributed by atoms with Crippen LogP contribution < -0.4 is 16.0 Å². The molecule has 5 nitrogen and oxygen atoms in total. The maximum absolute atomic E-state index is 12.7. The molecular weight excluding hydrogens is 378 g/mol. The van der Waals surface area contributed by atoms with Crippen LogP contribution in [0.5, 0.6) is 0 Å². The molecule has 23 heavy (non-hydrogen) atoms. The molecule has 118 valence electrons. The summed E-state index contributed by atoms with van der Waals surface area (Å²) in [6.45, 7) is 1.73. The van der Waals surface area contributed by atoms with Gasteiger partial charge in [0.1, 0.15) is 0 Å². The first-order valence-electron chi connectivity index (χ1n) is 6.93. The van der Waals surface area contributed by atoms with Gasteiger partial charge in [-0.25, -0.2) is 4.79 Å². The van der Waals surface area contributed by atoms with E-state index >= 15 is 0 Å². The van der Waals surface area contributed by atoms with Crippen molar-refractivity contribution in [3.8, 4) is 0 Å². The van der Waals surface area contributed by atoms with E-state index < -0.39 is 6.04 Å². The lowest BCUT2D eigenvalue weighted by Crippen LogP contribution is -2.45. The summed E-state index contributed by atoms with van der Waals surface area (Å²) >= 11 is 4.86. The number of anilines is 1. The van der Waals surface area contributed by atoms with Crippen molar-refractivity contribution >= 4 is 44.9 Å². The Kier molecular flexibility index (Phi) is 4.49. The molecule has 0 unspecified atom stereocenters. The summed E-state index contributed by atoms with van der Waals surface area (Å²) in [5.74, 6) is -0.240. The molecule has 0 radical (unpaired) electrons. The summed E-state index contributed by atoms with van der Waals surface area (Å²) in [5, 5.41) is 10.3. The van der Waals surface area contributed by atoms with Crippen LogP contribution in [0.1, 0.15) is 17.8 Å². The van der Waals surface area contributed by atoms with Crippen LogP contribution in [0.2, 0.25) is 0 Å². The van der Waals surface area contributed by atoms with Crippen LogP contribution in [0.25, 0.3) is 0 Å². The SMILES string of the molecule is CC1=C(C(=O)Nc2ccc(Br)cc2)[C@H](c2cccs2)NC(=O)N1. The predicted octanol–water partition coefficient (Wildman–Crippen LogP) is 3.78. The fourth-order valence-corrected chi connectivity index (χ4v) is 3.44. The number of amides is 3. The molecule has 3 N–H and O–H groups in total. The van der Waals surface area contributed by atoms with Crippen molar-refractivity contribution < 1.29 is 9.59 Å². The van der Waals surface area contributed by atoms with Crippen LogP contribution in [0.4, 0.5) is 10.5 Å². The maximum atomic E-state index is 12.7. The molecule has 3 amide bonds. The zero-order valence-corrected chi connectivity index (χ0v) is 14.6. The molecule has 0 saturated carbocycles. The third kappa shape index (κ3) is 3.46. The number of carbonyl (C=O) groups excluding carboxylic acids is 2. The minimum absolute atomic E-state index is 0.240. The van der Waals surface area contributed by atoms with Crippen molar-refractivity contribution in [2.24, 2.45) is 0 Å². The molecular formula is C16H14BrN3O2S. The van der Waals surface area contributed by atoms with E-state index in [1.54, 1.807) is 6.92 Å². The summed E-state index contributed by atoms with van der Waals surface area (Å²) in [4.78, 5) is 25.4. The van der Waals surface area contributed by atoms with Crippen molar-refractivity contribution in [2.45, 2.75) is 13.0 Å². The van der Waals surface area contributed by atoms with Crippen molar-refractivity contribution in [3.05, 3.63) is 62.4 Å². The van der Waals surface area contributed by atoms with Crippen LogP contribution >= 0.6 is 27.3 Å². The molecule has 3 rings (SSSR count). The quantitative estimate of drug-likeness (QED) is 0.744. The molecule has 1 aromatic carbocycles. The number of benzene rings is 1. The van der Waals surface area contributed by atoms with E-state index in [4.69, 9.17) is 0 Å². The molecule has 2 aromatic rings. The number of nitrogens with one attached hydrogen (secondary N) is 3. The van der Waals surface area contributed by atoms with E-state index in [-0.39, 0.29) is 11.9 Å². The summed E-state index contributed by atoms with van der Waals surface area (Å²) in [5.41, 5.74) is 1.76. The molecule has 1 atom stereocenters. The van der Waals surface area contributed by atoms with Gasteiger partial charge in [-0.15, -0.1) is 11.3 Å². The molecule has 0 spiro atoms. The van der Waals surface area contributed by atoms with Crippen LogP contribution in [-0.2, 0) is 4.79 Å². The van der Waals surface area contributed by atoms with Gasteiger partial charge in [0, 0.05) is 20.7 Å². The second kappa shape index (κ2) is 6.55. The van der Waals surface area contributed by atoms with Crippen molar-refractivity contribution in [2.75, 3.05) is 5.32 Å². The van der Waals surface area contributed by atoms with Crippen LogP contribution in [0.15, 0.2) is 57.5 Å². The molecule has 1 aliphatic heterocycles. The third-order valence-electron chi connectivity index (χ3n) is 3.44. The minimum Gasteiger partial charge on any atom is -0.326 e. The Morgan fingerprint density at radius 2 is 2.00 bits per heavy atom. The predicted molar refractivity (Wildman–Crippen MR) is 94.2 cm³/mol. The Labute approximate surface area is 145 Å². The molecule has 0 saturated heterocycles. The highest BCUT2D eigenvalue weighted by Gasteiger charge is 2.31. The molecule has 2 heterocycles. The lowest BCUT2D eigenvalue weighted by Gasteiger charge is -2.27. The first-order chi connectivity index (χ1) is 11.0. The van der Waals surface area contributed by atoms with E-state index in [2.05, 4.69) is 31.9 Å². The highest BCUT2D eigenvalue weighted by molar-refractivity contribution is 9.10. The van der Waals surface area contributed by atoms with Gasteiger partial charge < -0.3 is 16.0 Å². The molecule has 0 fully saturated rings. The largest absolute Gasteiger partial charge is 0.326 e. The number of hydrogen-bond acceptors (Lipinski definition) is 3. The average molecular weight is 392 g/mol. The Bertz CT molecular complexity index is 769. The minimum atomic E-state index is -0.445. The van der Waals surface area contributed by atoms with Gasteiger partial charge in [0.15, 0.2) is 0 Å². The molecule has 0 aliphatic carbocycles. The number of thiophene rings is 1. The second-order valence-corrected chi connectivity index (χ2v) is 6.94. The van der Waals surface area contributed by atoms with Crippen LogP contribution in [-0.4, -0.2) is 11.9 Å². The van der Waals surface area contributed by atoms with Gasteiger partial charge in [0.25, 0.3) is 5.91 Å². The molecule has 0 bridgehead atoms. The first-order valence-corrected chi connectivity index (χ1v) is 8.60. The van der Waals surface area contributed by atoms with Gasteiger partial charge in [0.05, 0.1) is 11.6 Å². The van der Waals surface area contributed by atoms with Gasteiger partial charge in [0.2, 0.25) is 0 Å². The average Bonchev–Trinajstić information content (AvgIpc) is 3.03. The van der Waals surface area contributed by atoms with Crippen molar-refractivity contribution in [3.63, 3.8) is 0 Å². The number of rotatable bonds is 3. The topological polar surface area (TPSA) is 70.2 Å². The fourth-order valence-electron chi connectivity index (χ4n) is 2.40. The van der Waals surface area contributed by atoms with Crippen molar-refractivity contribution in [1.82, 2.24) is 10.6 Å². The van der Waals surface area contributed by atoms with Gasteiger partial charge in [-0.1, -0.05) is 22.0 Å². The Morgan fingerprint density at radius 3 is 2.65 bits per heavy atom. The monoisotopic (exact) mass is 391 g/mol. The number of halogens is 1. The zero-order chi connectivity index (χ0) is 16.4. The smallest absolute Gasteiger partial charge is 0.319 e.